The average molecular weight is 198 g/mol. The van der Waals surface area contributed by atoms with Crippen LogP contribution in [0, 0.1) is 5.92 Å². The van der Waals surface area contributed by atoms with Crippen LogP contribution < -0.4 is 0 Å². The zero-order valence-electron chi connectivity index (χ0n) is 8.29. The topological polar surface area (TPSA) is 17.1 Å². The summed E-state index contributed by atoms with van der Waals surface area (Å²) in [6.07, 6.45) is 8.52. The number of rotatable bonds is 3. The number of hydrogen-bond donors (Lipinski definition) is 0. The third-order valence-corrected chi connectivity index (χ3v) is 3.83. The Labute approximate surface area is 85.0 Å². The van der Waals surface area contributed by atoms with Crippen molar-refractivity contribution < 1.29 is 4.79 Å². The van der Waals surface area contributed by atoms with Crippen molar-refractivity contribution in [1.82, 2.24) is 0 Å². The minimum absolute atomic E-state index is 0.218. The molecule has 1 atom stereocenters. The molecule has 0 aromatic heterocycles. The van der Waals surface area contributed by atoms with Gasteiger partial charge in [-0.1, -0.05) is 37.1 Å². The third-order valence-electron chi connectivity index (χ3n) is 2.65. The van der Waals surface area contributed by atoms with E-state index in [1.807, 2.05) is 6.08 Å². The summed E-state index contributed by atoms with van der Waals surface area (Å²) in [6, 6.07) is 0. The lowest BCUT2D eigenvalue weighted by Crippen LogP contribution is -2.19. The molecule has 0 saturated heterocycles. The van der Waals surface area contributed by atoms with Crippen molar-refractivity contribution in [2.24, 2.45) is 5.92 Å². The summed E-state index contributed by atoms with van der Waals surface area (Å²) in [5.74, 6) is 0.695. The molecular formula is C11H18OS. The molecule has 0 spiro atoms. The van der Waals surface area contributed by atoms with Crippen molar-refractivity contribution in [3.05, 3.63) is 12.7 Å². The molecule has 0 bridgehead atoms. The van der Waals surface area contributed by atoms with E-state index < -0.39 is 0 Å². The van der Waals surface area contributed by atoms with Crippen LogP contribution in [0.4, 0.5) is 0 Å². The van der Waals surface area contributed by atoms with Crippen molar-refractivity contribution in [2.75, 3.05) is 0 Å². The first kappa shape index (κ1) is 10.8. The molecule has 74 valence electrons. The van der Waals surface area contributed by atoms with Crippen LogP contribution in [-0.2, 0) is 4.79 Å². The van der Waals surface area contributed by atoms with Crippen LogP contribution in [0.25, 0.3) is 0 Å². The van der Waals surface area contributed by atoms with Crippen LogP contribution in [0.2, 0.25) is 0 Å². The highest BCUT2D eigenvalue weighted by atomic mass is 32.2. The van der Waals surface area contributed by atoms with Crippen molar-refractivity contribution >= 4 is 16.9 Å². The Hall–Kier alpha value is -0.240. The molecule has 0 aromatic rings. The molecule has 1 rings (SSSR count). The standard InChI is InChI=1S/C11H18OS/c1-3-11(13-9(2)12)10-7-5-4-6-8-10/h3,10-11H,1,4-8H2,2H3/t11-/m0/s1. The highest BCUT2D eigenvalue weighted by Gasteiger charge is 2.22. The fourth-order valence-electron chi connectivity index (χ4n) is 1.99. The number of hydrogen-bond acceptors (Lipinski definition) is 2. The lowest BCUT2D eigenvalue weighted by Gasteiger charge is -2.26. The van der Waals surface area contributed by atoms with Gasteiger partial charge in [0.2, 0.25) is 0 Å². The maximum absolute atomic E-state index is 11.0. The Kier molecular flexibility index (Phi) is 4.57. The van der Waals surface area contributed by atoms with Crippen LogP contribution in [-0.4, -0.2) is 10.4 Å². The monoisotopic (exact) mass is 198 g/mol. The molecule has 0 aromatic carbocycles. The smallest absolute Gasteiger partial charge is 0.186 e. The molecule has 0 N–H and O–H groups in total. The molecule has 1 nitrogen and oxygen atoms in total. The zero-order valence-corrected chi connectivity index (χ0v) is 9.11. The molecule has 2 heteroatoms. The molecule has 0 aliphatic heterocycles. The first-order chi connectivity index (χ1) is 6.24. The average Bonchev–Trinajstić information content (AvgIpc) is 2.15. The van der Waals surface area contributed by atoms with Gasteiger partial charge in [0, 0.05) is 12.2 Å². The fraction of sp³-hybridized carbons (Fsp3) is 0.727. The summed E-state index contributed by atoms with van der Waals surface area (Å²) >= 11 is 1.45. The molecule has 0 radical (unpaired) electrons. The Bertz CT molecular complexity index is 183. The summed E-state index contributed by atoms with van der Waals surface area (Å²) in [4.78, 5) is 11.0. The van der Waals surface area contributed by atoms with Crippen LogP contribution >= 0.6 is 11.8 Å². The fourth-order valence-corrected chi connectivity index (χ4v) is 2.94. The van der Waals surface area contributed by atoms with Crippen LogP contribution in [0.15, 0.2) is 12.7 Å². The van der Waals surface area contributed by atoms with E-state index in [1.165, 1.54) is 43.9 Å². The molecular weight excluding hydrogens is 180 g/mol. The second kappa shape index (κ2) is 5.48. The van der Waals surface area contributed by atoms with Crippen LogP contribution in [0.3, 0.4) is 0 Å². The predicted molar refractivity (Wildman–Crippen MR) is 58.8 cm³/mol. The number of thioether (sulfide) groups is 1. The molecule has 0 amide bonds. The molecule has 1 saturated carbocycles. The largest absolute Gasteiger partial charge is 0.288 e. The van der Waals surface area contributed by atoms with Gasteiger partial charge in [0.15, 0.2) is 5.12 Å². The SMILES string of the molecule is C=C[C@H](SC(C)=O)C1CCCCC1. The Morgan fingerprint density at radius 2 is 2.08 bits per heavy atom. The van der Waals surface area contributed by atoms with Gasteiger partial charge in [0.25, 0.3) is 0 Å². The van der Waals surface area contributed by atoms with Gasteiger partial charge >= 0.3 is 0 Å². The lowest BCUT2D eigenvalue weighted by molar-refractivity contribution is -0.109. The van der Waals surface area contributed by atoms with E-state index in [-0.39, 0.29) is 5.12 Å². The van der Waals surface area contributed by atoms with Gasteiger partial charge in [-0.05, 0) is 18.8 Å². The Morgan fingerprint density at radius 3 is 2.54 bits per heavy atom. The molecule has 1 fully saturated rings. The minimum atomic E-state index is 0.218. The zero-order chi connectivity index (χ0) is 9.68. The van der Waals surface area contributed by atoms with Gasteiger partial charge in [-0.25, -0.2) is 0 Å². The molecule has 1 aliphatic rings. The summed E-state index contributed by atoms with van der Waals surface area (Å²) in [5.41, 5.74) is 0. The van der Waals surface area contributed by atoms with E-state index in [1.54, 1.807) is 6.92 Å². The van der Waals surface area contributed by atoms with Gasteiger partial charge < -0.3 is 0 Å². The lowest BCUT2D eigenvalue weighted by atomic mass is 9.87. The highest BCUT2D eigenvalue weighted by Crippen LogP contribution is 2.33. The summed E-state index contributed by atoms with van der Waals surface area (Å²) in [5, 5.41) is 0.577. The molecule has 0 unspecified atom stereocenters. The second-order valence-corrected chi connectivity index (χ2v) is 5.06. The Morgan fingerprint density at radius 1 is 1.46 bits per heavy atom. The Balaban J connectivity index is 2.43. The van der Waals surface area contributed by atoms with Gasteiger partial charge in [0.1, 0.15) is 0 Å². The first-order valence-electron chi connectivity index (χ1n) is 5.04. The summed E-state index contributed by atoms with van der Waals surface area (Å²) in [6.45, 7) is 5.46. The van der Waals surface area contributed by atoms with E-state index >= 15 is 0 Å². The van der Waals surface area contributed by atoms with Gasteiger partial charge in [-0.15, -0.1) is 6.58 Å². The highest BCUT2D eigenvalue weighted by molar-refractivity contribution is 8.14. The van der Waals surface area contributed by atoms with E-state index in [4.69, 9.17) is 0 Å². The minimum Gasteiger partial charge on any atom is -0.288 e. The van der Waals surface area contributed by atoms with E-state index in [9.17, 15) is 4.79 Å². The quantitative estimate of drug-likeness (QED) is 0.646. The van der Waals surface area contributed by atoms with Gasteiger partial charge in [-0.2, -0.15) is 0 Å². The van der Waals surface area contributed by atoms with Gasteiger partial charge in [-0.3, -0.25) is 4.79 Å². The van der Waals surface area contributed by atoms with Crippen molar-refractivity contribution in [2.45, 2.75) is 44.3 Å². The number of carbonyl (C=O) groups excluding carboxylic acids is 1. The van der Waals surface area contributed by atoms with E-state index in [0.717, 1.165) is 0 Å². The summed E-state index contributed by atoms with van der Waals surface area (Å²) in [7, 11) is 0. The van der Waals surface area contributed by atoms with Crippen molar-refractivity contribution in [3.8, 4) is 0 Å². The molecule has 1 aliphatic carbocycles. The first-order valence-corrected chi connectivity index (χ1v) is 5.92. The van der Waals surface area contributed by atoms with E-state index in [0.29, 0.717) is 11.2 Å². The van der Waals surface area contributed by atoms with Crippen molar-refractivity contribution in [1.29, 1.82) is 0 Å². The van der Waals surface area contributed by atoms with Crippen LogP contribution in [0.5, 0.6) is 0 Å². The predicted octanol–water partition coefficient (Wildman–Crippen LogP) is 3.40. The van der Waals surface area contributed by atoms with Crippen molar-refractivity contribution in [3.63, 3.8) is 0 Å². The second-order valence-electron chi connectivity index (χ2n) is 3.71. The van der Waals surface area contributed by atoms with E-state index in [2.05, 4.69) is 6.58 Å². The van der Waals surface area contributed by atoms with Crippen LogP contribution in [0.1, 0.15) is 39.0 Å². The number of carbonyl (C=O) groups is 1. The molecule has 0 heterocycles. The normalized spacial score (nSPS) is 21.0. The maximum atomic E-state index is 11.0. The summed E-state index contributed by atoms with van der Waals surface area (Å²) < 4.78 is 0. The maximum Gasteiger partial charge on any atom is 0.186 e. The van der Waals surface area contributed by atoms with Gasteiger partial charge in [0.05, 0.1) is 0 Å². The molecule has 13 heavy (non-hydrogen) atoms. The third kappa shape index (κ3) is 3.55.